The maximum Gasteiger partial charge on any atom is 0.318 e. The molecule has 0 bridgehead atoms. The van der Waals surface area contributed by atoms with Crippen molar-refractivity contribution in [2.75, 3.05) is 19.7 Å². The summed E-state index contributed by atoms with van der Waals surface area (Å²) in [5.74, 6) is 2.15. The van der Waals surface area contributed by atoms with E-state index in [1.54, 1.807) is 17.5 Å². The van der Waals surface area contributed by atoms with Crippen molar-refractivity contribution < 1.29 is 13.9 Å². The Morgan fingerprint density at radius 2 is 2.33 bits per heavy atom. The fourth-order valence-corrected chi connectivity index (χ4v) is 3.84. The number of carbonyl (C=O) groups is 1. The van der Waals surface area contributed by atoms with Gasteiger partial charge in [0.15, 0.2) is 0 Å². The first-order valence-corrected chi connectivity index (χ1v) is 9.21. The molecule has 2 aromatic rings. The van der Waals surface area contributed by atoms with Crippen LogP contribution in [0.2, 0.25) is 0 Å². The Hall–Kier alpha value is -1.86. The van der Waals surface area contributed by atoms with Crippen LogP contribution in [-0.4, -0.2) is 35.6 Å². The minimum atomic E-state index is -0.197. The summed E-state index contributed by atoms with van der Waals surface area (Å²) >= 11 is 1.60. The molecule has 1 aliphatic heterocycles. The van der Waals surface area contributed by atoms with Gasteiger partial charge in [0, 0.05) is 18.1 Å². The number of thiazole rings is 1. The van der Waals surface area contributed by atoms with Gasteiger partial charge >= 0.3 is 6.03 Å². The number of carbonyl (C=O) groups excluding carboxylic acids is 1. The number of rotatable bonds is 4. The van der Waals surface area contributed by atoms with Crippen LogP contribution in [0.25, 0.3) is 0 Å². The van der Waals surface area contributed by atoms with Gasteiger partial charge in [-0.05, 0) is 37.8 Å². The highest BCUT2D eigenvalue weighted by Crippen LogP contribution is 2.41. The van der Waals surface area contributed by atoms with E-state index in [4.69, 9.17) is 9.15 Å². The molecular weight excluding hydrogens is 326 g/mol. The average molecular weight is 347 g/mol. The van der Waals surface area contributed by atoms with E-state index in [1.165, 1.54) is 0 Å². The topological polar surface area (TPSA) is 67.6 Å². The van der Waals surface area contributed by atoms with Crippen molar-refractivity contribution in [1.29, 1.82) is 0 Å². The van der Waals surface area contributed by atoms with Crippen molar-refractivity contribution in [2.45, 2.75) is 31.9 Å². The predicted molar refractivity (Wildman–Crippen MR) is 89.8 cm³/mol. The molecule has 1 saturated heterocycles. The van der Waals surface area contributed by atoms with Crippen LogP contribution < -0.4 is 5.32 Å². The van der Waals surface area contributed by atoms with Gasteiger partial charge in [-0.15, -0.1) is 11.3 Å². The minimum Gasteiger partial charge on any atom is -0.464 e. The maximum atomic E-state index is 12.7. The summed E-state index contributed by atoms with van der Waals surface area (Å²) < 4.78 is 11.4. The molecule has 24 heavy (non-hydrogen) atoms. The Labute approximate surface area is 144 Å². The largest absolute Gasteiger partial charge is 0.464 e. The highest BCUT2D eigenvalue weighted by atomic mass is 32.1. The van der Waals surface area contributed by atoms with Gasteiger partial charge in [-0.25, -0.2) is 9.78 Å². The lowest BCUT2D eigenvalue weighted by Gasteiger charge is -2.33. The molecule has 0 radical (unpaired) electrons. The standard InChI is InChI=1S/C17H21N3O3S/c1-11-2-5-13(23-11)14-10-20(7-8-22-14)17(21)19-15(12-3-4-12)16-18-6-9-24-16/h2,5-6,9,12,14-15H,3-4,7-8,10H2,1H3,(H,19,21)/t14-,15-/m1/s1. The number of amides is 2. The molecule has 2 aromatic heterocycles. The predicted octanol–water partition coefficient (Wildman–Crippen LogP) is 3.28. The number of nitrogens with one attached hydrogen (secondary N) is 1. The van der Waals surface area contributed by atoms with E-state index in [9.17, 15) is 4.79 Å². The van der Waals surface area contributed by atoms with Crippen molar-refractivity contribution in [3.05, 3.63) is 40.2 Å². The second-order valence-corrected chi connectivity index (χ2v) is 7.31. The number of aryl methyl sites for hydroxylation is 1. The Balaban J connectivity index is 1.42. The van der Waals surface area contributed by atoms with Gasteiger partial charge in [-0.1, -0.05) is 0 Å². The maximum absolute atomic E-state index is 12.7. The zero-order valence-electron chi connectivity index (χ0n) is 13.6. The van der Waals surface area contributed by atoms with E-state index in [0.717, 1.165) is 29.4 Å². The number of ether oxygens (including phenoxy) is 1. The Morgan fingerprint density at radius 3 is 3.00 bits per heavy atom. The van der Waals surface area contributed by atoms with Gasteiger partial charge in [0.25, 0.3) is 0 Å². The van der Waals surface area contributed by atoms with Crippen LogP contribution in [0.15, 0.2) is 28.1 Å². The Kier molecular flexibility index (Phi) is 4.28. The monoisotopic (exact) mass is 347 g/mol. The van der Waals surface area contributed by atoms with E-state index in [0.29, 0.717) is 25.6 Å². The van der Waals surface area contributed by atoms with Crippen LogP contribution >= 0.6 is 11.3 Å². The molecule has 7 heteroatoms. The Bertz CT molecular complexity index is 696. The van der Waals surface area contributed by atoms with Crippen LogP contribution in [0.1, 0.15) is 41.5 Å². The second kappa shape index (κ2) is 6.57. The van der Waals surface area contributed by atoms with E-state index < -0.39 is 0 Å². The molecule has 1 N–H and O–H groups in total. The molecule has 2 fully saturated rings. The number of urea groups is 1. The molecule has 1 saturated carbocycles. The summed E-state index contributed by atoms with van der Waals surface area (Å²) in [5, 5.41) is 6.13. The third kappa shape index (κ3) is 3.32. The van der Waals surface area contributed by atoms with Crippen LogP contribution in [-0.2, 0) is 4.74 Å². The first-order chi connectivity index (χ1) is 11.7. The SMILES string of the molecule is Cc1ccc([C@H]2CN(C(=O)N[C@@H](c3nccs3)C3CC3)CCO2)o1. The lowest BCUT2D eigenvalue weighted by Crippen LogP contribution is -2.48. The second-order valence-electron chi connectivity index (χ2n) is 6.39. The fourth-order valence-electron chi connectivity index (χ4n) is 3.06. The number of furan rings is 1. The summed E-state index contributed by atoms with van der Waals surface area (Å²) in [6, 6.07) is 3.83. The van der Waals surface area contributed by atoms with E-state index in [2.05, 4.69) is 10.3 Å². The molecule has 2 atom stereocenters. The first-order valence-electron chi connectivity index (χ1n) is 8.33. The van der Waals surface area contributed by atoms with Gasteiger partial charge in [-0.3, -0.25) is 0 Å². The van der Waals surface area contributed by atoms with Crippen molar-refractivity contribution in [1.82, 2.24) is 15.2 Å². The lowest BCUT2D eigenvalue weighted by atomic mass is 10.2. The summed E-state index contributed by atoms with van der Waals surface area (Å²) in [6.07, 6.45) is 3.91. The highest BCUT2D eigenvalue weighted by molar-refractivity contribution is 7.09. The number of hydrogen-bond donors (Lipinski definition) is 1. The number of nitrogens with zero attached hydrogens (tertiary/aromatic N) is 2. The summed E-state index contributed by atoms with van der Waals surface area (Å²) in [4.78, 5) is 18.9. The normalized spacial score (nSPS) is 22.4. The number of hydrogen-bond acceptors (Lipinski definition) is 5. The smallest absolute Gasteiger partial charge is 0.318 e. The first kappa shape index (κ1) is 15.7. The zero-order valence-corrected chi connectivity index (χ0v) is 14.4. The van der Waals surface area contributed by atoms with Crippen LogP contribution in [0.4, 0.5) is 4.79 Å². The Morgan fingerprint density at radius 1 is 1.46 bits per heavy atom. The quantitative estimate of drug-likeness (QED) is 0.922. The molecule has 6 nitrogen and oxygen atoms in total. The number of morpholine rings is 1. The molecule has 2 amide bonds. The van der Waals surface area contributed by atoms with Gasteiger partial charge < -0.3 is 19.4 Å². The molecule has 4 rings (SSSR count). The van der Waals surface area contributed by atoms with E-state index in [-0.39, 0.29) is 18.2 Å². The third-order valence-electron chi connectivity index (χ3n) is 4.52. The van der Waals surface area contributed by atoms with E-state index >= 15 is 0 Å². The molecule has 0 aromatic carbocycles. The fraction of sp³-hybridized carbons (Fsp3) is 0.529. The summed E-state index contributed by atoms with van der Waals surface area (Å²) in [6.45, 7) is 3.53. The molecule has 128 valence electrons. The van der Waals surface area contributed by atoms with Crippen molar-refractivity contribution in [3.63, 3.8) is 0 Å². The highest BCUT2D eigenvalue weighted by Gasteiger charge is 2.36. The molecule has 0 spiro atoms. The van der Waals surface area contributed by atoms with Crippen LogP contribution in [0, 0.1) is 12.8 Å². The molecule has 2 aliphatic rings. The van der Waals surface area contributed by atoms with Crippen LogP contribution in [0.3, 0.4) is 0 Å². The van der Waals surface area contributed by atoms with Gasteiger partial charge in [0.05, 0.1) is 19.2 Å². The minimum absolute atomic E-state index is 0.0321. The molecule has 1 aliphatic carbocycles. The van der Waals surface area contributed by atoms with Gasteiger partial charge in [0.2, 0.25) is 0 Å². The van der Waals surface area contributed by atoms with Gasteiger partial charge in [0.1, 0.15) is 22.6 Å². The molecule has 3 heterocycles. The van der Waals surface area contributed by atoms with Crippen molar-refractivity contribution in [2.24, 2.45) is 5.92 Å². The average Bonchev–Trinajstić information content (AvgIpc) is 3.10. The lowest BCUT2D eigenvalue weighted by molar-refractivity contribution is -0.0267. The van der Waals surface area contributed by atoms with E-state index in [1.807, 2.05) is 29.3 Å². The summed E-state index contributed by atoms with van der Waals surface area (Å²) in [7, 11) is 0. The summed E-state index contributed by atoms with van der Waals surface area (Å²) in [5.41, 5.74) is 0. The van der Waals surface area contributed by atoms with Crippen molar-refractivity contribution >= 4 is 17.4 Å². The van der Waals surface area contributed by atoms with Gasteiger partial charge in [-0.2, -0.15) is 0 Å². The molecular formula is C17H21N3O3S. The third-order valence-corrected chi connectivity index (χ3v) is 5.38. The van der Waals surface area contributed by atoms with Crippen LogP contribution in [0.5, 0.6) is 0 Å². The number of aromatic nitrogens is 1. The zero-order chi connectivity index (χ0) is 16.5. The van der Waals surface area contributed by atoms with Crippen molar-refractivity contribution in [3.8, 4) is 0 Å². The molecule has 0 unspecified atom stereocenters.